The van der Waals surface area contributed by atoms with Crippen molar-refractivity contribution in [3.8, 4) is 0 Å². The third-order valence-corrected chi connectivity index (χ3v) is 2.06. The van der Waals surface area contributed by atoms with Crippen LogP contribution in [-0.4, -0.2) is 12.3 Å². The van der Waals surface area contributed by atoms with E-state index in [1.54, 1.807) is 0 Å². The van der Waals surface area contributed by atoms with E-state index in [2.05, 4.69) is 37.3 Å². The Labute approximate surface area is 99.9 Å². The first-order valence-corrected chi connectivity index (χ1v) is 5.68. The topological polar surface area (TPSA) is 24.4 Å². The lowest BCUT2D eigenvalue weighted by molar-refractivity contribution is 0.665. The van der Waals surface area contributed by atoms with Crippen molar-refractivity contribution in [2.75, 3.05) is 6.54 Å². The smallest absolute Gasteiger partial charge is 0.0415 e. The zero-order valence-corrected chi connectivity index (χ0v) is 11.2. The molecular weight excluding hydrogens is 196 g/mol. The fraction of sp³-hybridized carbons (Fsp3) is 0.500. The second-order valence-electron chi connectivity index (χ2n) is 4.41. The van der Waals surface area contributed by atoms with Gasteiger partial charge in [-0.3, -0.25) is 4.99 Å². The molecule has 0 aromatic carbocycles. The molecule has 2 heteroatoms. The zero-order valence-electron chi connectivity index (χ0n) is 11.2. The number of hydrogen-bond acceptors (Lipinski definition) is 2. The summed E-state index contributed by atoms with van der Waals surface area (Å²) >= 11 is 0. The normalized spacial score (nSPS) is 12.9. The van der Waals surface area contributed by atoms with Gasteiger partial charge in [-0.05, 0) is 26.7 Å². The van der Waals surface area contributed by atoms with Gasteiger partial charge in [0.1, 0.15) is 0 Å². The molecule has 0 rings (SSSR count). The van der Waals surface area contributed by atoms with E-state index in [0.717, 1.165) is 29.2 Å². The summed E-state index contributed by atoms with van der Waals surface area (Å²) in [4.78, 5) is 4.54. The van der Waals surface area contributed by atoms with Crippen LogP contribution in [-0.2, 0) is 0 Å². The maximum absolute atomic E-state index is 4.54. The van der Waals surface area contributed by atoms with Crippen LogP contribution in [0.1, 0.15) is 34.6 Å². The number of aliphatic imine (C=N–C) groups is 1. The predicted molar refractivity (Wildman–Crippen MR) is 73.7 cm³/mol. The van der Waals surface area contributed by atoms with Crippen LogP contribution in [0, 0.1) is 5.92 Å². The van der Waals surface area contributed by atoms with E-state index in [-0.39, 0.29) is 0 Å². The molecule has 90 valence electrons. The maximum atomic E-state index is 4.54. The average Bonchev–Trinajstić information content (AvgIpc) is 2.14. The van der Waals surface area contributed by atoms with E-state index < -0.39 is 0 Å². The molecule has 0 atom stereocenters. The lowest BCUT2D eigenvalue weighted by Crippen LogP contribution is -2.15. The van der Waals surface area contributed by atoms with Gasteiger partial charge in [0.25, 0.3) is 0 Å². The molecule has 0 spiro atoms. The van der Waals surface area contributed by atoms with Crippen molar-refractivity contribution in [2.24, 2.45) is 10.9 Å². The molecule has 0 amide bonds. The molecule has 2 nitrogen and oxygen atoms in total. The van der Waals surface area contributed by atoms with E-state index >= 15 is 0 Å². The van der Waals surface area contributed by atoms with Gasteiger partial charge in [-0.2, -0.15) is 0 Å². The maximum Gasteiger partial charge on any atom is 0.0415 e. The lowest BCUT2D eigenvalue weighted by Gasteiger charge is -2.13. The highest BCUT2D eigenvalue weighted by atomic mass is 14.9. The number of allylic oxidation sites excluding steroid dienone is 3. The van der Waals surface area contributed by atoms with Gasteiger partial charge in [-0.25, -0.2) is 0 Å². The Balaban J connectivity index is 4.68. The van der Waals surface area contributed by atoms with Crippen molar-refractivity contribution in [1.82, 2.24) is 5.32 Å². The number of nitrogens with zero attached hydrogens (tertiary/aromatic N) is 1. The monoisotopic (exact) mass is 220 g/mol. The molecule has 0 unspecified atom stereocenters. The fourth-order valence-corrected chi connectivity index (χ4v) is 1.33. The van der Waals surface area contributed by atoms with E-state index in [4.69, 9.17) is 0 Å². The summed E-state index contributed by atoms with van der Waals surface area (Å²) in [6.07, 6.45) is 2.03. The second kappa shape index (κ2) is 7.04. The van der Waals surface area contributed by atoms with Gasteiger partial charge in [0.2, 0.25) is 0 Å². The van der Waals surface area contributed by atoms with Crippen LogP contribution in [0.5, 0.6) is 0 Å². The zero-order chi connectivity index (χ0) is 12.7. The number of hydrogen-bond donors (Lipinski definition) is 1. The van der Waals surface area contributed by atoms with Crippen LogP contribution in [0.25, 0.3) is 0 Å². The summed E-state index contributed by atoms with van der Waals surface area (Å²) in [6.45, 7) is 18.9. The van der Waals surface area contributed by atoms with Crippen molar-refractivity contribution < 1.29 is 0 Å². The van der Waals surface area contributed by atoms with E-state index in [1.807, 2.05) is 26.8 Å². The highest BCUT2D eigenvalue weighted by Crippen LogP contribution is 2.09. The molecule has 0 aromatic heterocycles. The number of nitrogens with one attached hydrogen (secondary N) is 1. The fourth-order valence-electron chi connectivity index (χ4n) is 1.33. The molecule has 0 aliphatic carbocycles. The van der Waals surface area contributed by atoms with Gasteiger partial charge < -0.3 is 5.32 Å². The first kappa shape index (κ1) is 14.7. The second-order valence-corrected chi connectivity index (χ2v) is 4.41. The van der Waals surface area contributed by atoms with Gasteiger partial charge in [0.15, 0.2) is 0 Å². The van der Waals surface area contributed by atoms with Gasteiger partial charge in [-0.15, -0.1) is 0 Å². The number of rotatable bonds is 6. The van der Waals surface area contributed by atoms with Gasteiger partial charge in [-0.1, -0.05) is 33.1 Å². The molecule has 0 heterocycles. The van der Waals surface area contributed by atoms with Gasteiger partial charge in [0.05, 0.1) is 0 Å². The van der Waals surface area contributed by atoms with Crippen LogP contribution in [0.2, 0.25) is 0 Å². The molecule has 16 heavy (non-hydrogen) atoms. The summed E-state index contributed by atoms with van der Waals surface area (Å²) in [5, 5.41) is 3.12. The van der Waals surface area contributed by atoms with Crippen molar-refractivity contribution in [2.45, 2.75) is 34.6 Å². The quantitative estimate of drug-likeness (QED) is 0.536. The molecule has 1 N–H and O–H groups in total. The SMILES string of the molecule is C=C(C)NC(=C)/C(=C\C)C(C)=NCC(C)C. The molecular formula is C14H24N2. The van der Waals surface area contributed by atoms with Crippen LogP contribution in [0.3, 0.4) is 0 Å². The summed E-state index contributed by atoms with van der Waals surface area (Å²) in [5.74, 6) is 0.579. The van der Waals surface area contributed by atoms with Crippen molar-refractivity contribution in [3.05, 3.63) is 36.2 Å². The summed E-state index contributed by atoms with van der Waals surface area (Å²) in [7, 11) is 0. The molecule has 0 aliphatic rings. The van der Waals surface area contributed by atoms with E-state index in [9.17, 15) is 0 Å². The van der Waals surface area contributed by atoms with Gasteiger partial charge >= 0.3 is 0 Å². The van der Waals surface area contributed by atoms with Crippen molar-refractivity contribution in [1.29, 1.82) is 0 Å². The lowest BCUT2D eigenvalue weighted by atomic mass is 10.1. The van der Waals surface area contributed by atoms with Crippen LogP contribution >= 0.6 is 0 Å². The molecule has 0 saturated heterocycles. The molecule has 0 radical (unpaired) electrons. The van der Waals surface area contributed by atoms with E-state index in [1.165, 1.54) is 0 Å². The van der Waals surface area contributed by atoms with Crippen molar-refractivity contribution >= 4 is 5.71 Å². The Bertz CT molecular complexity index is 320. The Morgan fingerprint density at radius 2 is 1.88 bits per heavy atom. The largest absolute Gasteiger partial charge is 0.360 e. The first-order valence-electron chi connectivity index (χ1n) is 5.68. The Morgan fingerprint density at radius 3 is 2.25 bits per heavy atom. The molecule has 0 bridgehead atoms. The molecule has 0 fully saturated rings. The highest BCUT2D eigenvalue weighted by molar-refractivity contribution is 6.01. The Hall–Kier alpha value is -1.31. The van der Waals surface area contributed by atoms with Crippen molar-refractivity contribution in [3.63, 3.8) is 0 Å². The van der Waals surface area contributed by atoms with Gasteiger partial charge in [0, 0.05) is 29.2 Å². The van der Waals surface area contributed by atoms with E-state index in [0.29, 0.717) is 5.92 Å². The minimum Gasteiger partial charge on any atom is -0.360 e. The Morgan fingerprint density at radius 1 is 1.31 bits per heavy atom. The van der Waals surface area contributed by atoms with Crippen LogP contribution in [0.4, 0.5) is 0 Å². The van der Waals surface area contributed by atoms with Crippen LogP contribution < -0.4 is 5.32 Å². The molecule has 0 aromatic rings. The summed E-state index contributed by atoms with van der Waals surface area (Å²) in [5.41, 5.74) is 3.83. The molecule has 0 aliphatic heterocycles. The minimum atomic E-state index is 0.579. The third-order valence-electron chi connectivity index (χ3n) is 2.06. The average molecular weight is 220 g/mol. The predicted octanol–water partition coefficient (Wildman–Crippen LogP) is 3.69. The summed E-state index contributed by atoms with van der Waals surface area (Å²) < 4.78 is 0. The first-order chi connectivity index (χ1) is 7.38. The third kappa shape index (κ3) is 5.54. The standard InChI is InChI=1S/C14H24N2/c1-8-14(13(7)16-11(4)5)12(6)15-9-10(2)3/h8,10,16H,4,7,9H2,1-3,5-6H3/b14-8-,15-12?. The molecule has 0 saturated carbocycles. The van der Waals surface area contributed by atoms with Crippen LogP contribution in [0.15, 0.2) is 41.2 Å². The minimum absolute atomic E-state index is 0.579. The summed E-state index contributed by atoms with van der Waals surface area (Å²) in [6, 6.07) is 0. The Kier molecular flexibility index (Phi) is 6.47. The highest BCUT2D eigenvalue weighted by Gasteiger charge is 2.05.